The molecule has 0 spiro atoms. The van der Waals surface area contributed by atoms with Crippen LogP contribution in [0.25, 0.3) is 0 Å². The van der Waals surface area contributed by atoms with Gasteiger partial charge in [-0.1, -0.05) is 68.2 Å². The fourth-order valence-electron chi connectivity index (χ4n) is 9.23. The topological polar surface area (TPSA) is 108 Å². The Bertz CT molecular complexity index is 1770. The van der Waals surface area contributed by atoms with Crippen molar-refractivity contribution in [2.75, 3.05) is 26.1 Å². The summed E-state index contributed by atoms with van der Waals surface area (Å²) in [7, 11) is 3.21. The van der Waals surface area contributed by atoms with Crippen LogP contribution in [-0.4, -0.2) is 59.4 Å². The third-order valence-electron chi connectivity index (χ3n) is 12.5. The number of allylic oxidation sites excluding steroid dienone is 2. The molecule has 3 aromatic carbocycles. The van der Waals surface area contributed by atoms with E-state index in [2.05, 4.69) is 43.4 Å². The molecule has 0 heterocycles. The number of carbonyl (C=O) groups excluding carboxylic acids is 2. The van der Waals surface area contributed by atoms with Crippen LogP contribution in [-0.2, 0) is 13.0 Å². The predicted octanol–water partition coefficient (Wildman–Crippen LogP) is 9.24. The van der Waals surface area contributed by atoms with Crippen molar-refractivity contribution in [3.63, 3.8) is 0 Å². The summed E-state index contributed by atoms with van der Waals surface area (Å²) in [6.45, 7) is 4.59. The summed E-state index contributed by atoms with van der Waals surface area (Å²) in [5, 5.41) is 27.2. The summed E-state index contributed by atoms with van der Waals surface area (Å²) in [5.74, 6) is 1.33. The second-order valence-corrected chi connectivity index (χ2v) is 16.0. The number of benzene rings is 3. The number of ether oxygens (including phenoxy) is 2. The molecule has 4 aliphatic carbocycles. The zero-order chi connectivity index (χ0) is 37.6. The number of Topliss-reactive ketones (excluding diaryl/α,β-unsaturated/α-hetero) is 1. The van der Waals surface area contributed by atoms with E-state index in [-0.39, 0.29) is 36.7 Å². The molecule has 53 heavy (non-hydrogen) atoms. The maximum absolute atomic E-state index is 14.5. The number of carbonyl (C=O) groups is 2. The van der Waals surface area contributed by atoms with Gasteiger partial charge >= 0.3 is 6.03 Å². The molecular weight excluding hydrogens is 665 g/mol. The van der Waals surface area contributed by atoms with Gasteiger partial charge in [-0.15, -0.1) is 0 Å². The van der Waals surface area contributed by atoms with Crippen molar-refractivity contribution < 1.29 is 29.3 Å². The average Bonchev–Trinajstić information content (AvgIpc) is 3.42. The van der Waals surface area contributed by atoms with Gasteiger partial charge in [0, 0.05) is 34.2 Å². The monoisotopic (exact) mass is 722 g/mol. The molecule has 2 fully saturated rings. The molecule has 2 amide bonds. The van der Waals surface area contributed by atoms with Gasteiger partial charge in [0.15, 0.2) is 5.78 Å². The molecule has 2 bridgehead atoms. The molecule has 284 valence electrons. The lowest BCUT2D eigenvalue weighted by Crippen LogP contribution is -2.54. The molecule has 2 saturated carbocycles. The Morgan fingerprint density at radius 3 is 2.43 bits per heavy atom. The number of fused-ring (bicyclic) bond motifs is 8. The second-order valence-electron chi connectivity index (χ2n) is 16.0. The Balaban J connectivity index is 1.41. The standard InChI is InChI=1S/C45H58N2O6/c1-31-12-11-24-44(2)40(38-22-18-32(26-36(48)20-17-31)27-39(38)42(49)33-13-7-5-8-14-33)23-25-45(44,51)30-47(43(50)46-35-15-9-6-10-16-35)29-34-19-21-37(52-3)28-41(34)53-4/h6,9-10,12,15-16,18-19,21-22,27-28,33,36,40,48,51H,5,7-8,11,13-14,17,20,23-26,29-30H2,1-4H3,(H,46,50)/t36-,40-,44-,45+/m0/s1. The Labute approximate surface area is 315 Å². The summed E-state index contributed by atoms with van der Waals surface area (Å²) in [5.41, 5.74) is 3.46. The third kappa shape index (κ3) is 8.65. The highest BCUT2D eigenvalue weighted by Gasteiger charge is 2.57. The molecule has 3 N–H and O–H groups in total. The van der Waals surface area contributed by atoms with Crippen LogP contribution in [0.5, 0.6) is 11.5 Å². The molecule has 0 saturated heterocycles. The number of aliphatic hydroxyl groups is 2. The van der Waals surface area contributed by atoms with Crippen LogP contribution in [0.2, 0.25) is 0 Å². The minimum absolute atomic E-state index is 0.00432. The quantitative estimate of drug-likeness (QED) is 0.150. The molecule has 8 nitrogen and oxygen atoms in total. The number of amides is 2. The number of nitrogens with one attached hydrogen (secondary N) is 1. The van der Waals surface area contributed by atoms with E-state index < -0.39 is 17.1 Å². The van der Waals surface area contributed by atoms with Crippen molar-refractivity contribution in [3.05, 3.63) is 101 Å². The van der Waals surface area contributed by atoms with Gasteiger partial charge in [-0.3, -0.25) is 4.79 Å². The first-order chi connectivity index (χ1) is 25.5. The number of ketones is 1. The fraction of sp³-hybridized carbons (Fsp3) is 0.511. The smallest absolute Gasteiger partial charge is 0.322 e. The lowest BCUT2D eigenvalue weighted by molar-refractivity contribution is -0.0773. The van der Waals surface area contributed by atoms with Crippen LogP contribution in [0.15, 0.2) is 78.4 Å². The average molecular weight is 723 g/mol. The molecule has 8 heteroatoms. The predicted molar refractivity (Wildman–Crippen MR) is 210 cm³/mol. The van der Waals surface area contributed by atoms with Crippen molar-refractivity contribution in [2.24, 2.45) is 11.3 Å². The van der Waals surface area contributed by atoms with Gasteiger partial charge in [-0.25, -0.2) is 4.79 Å². The maximum atomic E-state index is 14.5. The highest BCUT2D eigenvalue weighted by molar-refractivity contribution is 5.99. The number of methoxy groups -OCH3 is 2. The number of para-hydroxylation sites is 1. The summed E-state index contributed by atoms with van der Waals surface area (Å²) in [6, 6.07) is 20.9. The van der Waals surface area contributed by atoms with Crippen LogP contribution < -0.4 is 14.8 Å². The SMILES string of the molecule is COc1ccc(CN(C[C@]2(O)CC[C@H]3c4ccc(cc4C(=O)C4CCCCC4)C[C@@H](O)CCC(C)=CCC[C@@]32C)C(=O)Nc2ccccc2)c(OC)c1. The van der Waals surface area contributed by atoms with Crippen LogP contribution >= 0.6 is 0 Å². The first-order valence-electron chi connectivity index (χ1n) is 19.6. The number of hydrogen-bond donors (Lipinski definition) is 3. The van der Waals surface area contributed by atoms with Gasteiger partial charge in [0.25, 0.3) is 0 Å². The van der Waals surface area contributed by atoms with E-state index in [0.717, 1.165) is 60.8 Å². The Hall–Kier alpha value is -4.14. The van der Waals surface area contributed by atoms with E-state index in [0.29, 0.717) is 49.3 Å². The van der Waals surface area contributed by atoms with Gasteiger partial charge in [-0.2, -0.15) is 0 Å². The summed E-state index contributed by atoms with van der Waals surface area (Å²) < 4.78 is 11.2. The number of hydrogen-bond acceptors (Lipinski definition) is 6. The van der Waals surface area contributed by atoms with E-state index in [9.17, 15) is 19.8 Å². The molecule has 0 aliphatic heterocycles. The van der Waals surface area contributed by atoms with Gasteiger partial charge in [0.05, 0.1) is 39.0 Å². The minimum atomic E-state index is -1.27. The van der Waals surface area contributed by atoms with Gasteiger partial charge in [0.1, 0.15) is 11.5 Å². The lowest BCUT2D eigenvalue weighted by atomic mass is 9.64. The van der Waals surface area contributed by atoms with E-state index >= 15 is 0 Å². The third-order valence-corrected chi connectivity index (χ3v) is 12.5. The molecule has 0 unspecified atom stereocenters. The fourth-order valence-corrected chi connectivity index (χ4v) is 9.23. The molecule has 0 aromatic heterocycles. The zero-order valence-corrected chi connectivity index (χ0v) is 32.0. The minimum Gasteiger partial charge on any atom is -0.497 e. The number of anilines is 1. The first-order valence-corrected chi connectivity index (χ1v) is 19.6. The second kappa shape index (κ2) is 16.9. The van der Waals surface area contributed by atoms with E-state index in [1.807, 2.05) is 48.5 Å². The van der Waals surface area contributed by atoms with Crippen molar-refractivity contribution in [1.29, 1.82) is 0 Å². The van der Waals surface area contributed by atoms with Crippen LogP contribution in [0.1, 0.15) is 117 Å². The lowest BCUT2D eigenvalue weighted by Gasteiger charge is -2.46. The van der Waals surface area contributed by atoms with Crippen molar-refractivity contribution >= 4 is 17.5 Å². The van der Waals surface area contributed by atoms with Crippen LogP contribution in [0.3, 0.4) is 0 Å². The largest absolute Gasteiger partial charge is 0.497 e. The number of aliphatic hydroxyl groups excluding tert-OH is 1. The van der Waals surface area contributed by atoms with Crippen molar-refractivity contribution in [3.8, 4) is 11.5 Å². The Kier molecular flexibility index (Phi) is 12.3. The number of rotatable bonds is 9. The van der Waals surface area contributed by atoms with Gasteiger partial charge in [0.2, 0.25) is 0 Å². The highest BCUT2D eigenvalue weighted by atomic mass is 16.5. The normalized spacial score (nSPS) is 25.1. The molecule has 4 atom stereocenters. The van der Waals surface area contributed by atoms with Gasteiger partial charge < -0.3 is 29.9 Å². The summed E-state index contributed by atoms with van der Waals surface area (Å²) in [4.78, 5) is 30.4. The van der Waals surface area contributed by atoms with E-state index in [1.165, 1.54) is 12.0 Å². The van der Waals surface area contributed by atoms with Gasteiger partial charge in [-0.05, 0) is 112 Å². The maximum Gasteiger partial charge on any atom is 0.322 e. The molecule has 4 aliphatic rings. The van der Waals surface area contributed by atoms with E-state index in [4.69, 9.17) is 9.47 Å². The first kappa shape index (κ1) is 38.6. The number of nitrogens with zero attached hydrogens (tertiary/aromatic N) is 1. The summed E-state index contributed by atoms with van der Waals surface area (Å²) >= 11 is 0. The Morgan fingerprint density at radius 1 is 0.925 bits per heavy atom. The molecule has 3 aromatic rings. The summed E-state index contributed by atoms with van der Waals surface area (Å²) in [6.07, 6.45) is 11.4. The Morgan fingerprint density at radius 2 is 1.70 bits per heavy atom. The molecule has 0 radical (unpaired) electrons. The van der Waals surface area contributed by atoms with E-state index in [1.54, 1.807) is 19.1 Å². The van der Waals surface area contributed by atoms with Crippen molar-refractivity contribution in [1.82, 2.24) is 4.90 Å². The molecular formula is C45H58N2O6. The van der Waals surface area contributed by atoms with Crippen LogP contribution in [0.4, 0.5) is 10.5 Å². The molecule has 7 rings (SSSR count). The zero-order valence-electron chi connectivity index (χ0n) is 32.0. The number of urea groups is 1. The van der Waals surface area contributed by atoms with Crippen molar-refractivity contribution in [2.45, 2.75) is 115 Å². The highest BCUT2D eigenvalue weighted by Crippen LogP contribution is 2.59. The van der Waals surface area contributed by atoms with Crippen LogP contribution in [0, 0.1) is 11.3 Å².